The number of benzene rings is 1. The quantitative estimate of drug-likeness (QED) is 0.229. The van der Waals surface area contributed by atoms with Crippen molar-refractivity contribution in [1.82, 2.24) is 20.9 Å². The molecular formula is C33H44N6O5. The lowest BCUT2D eigenvalue weighted by molar-refractivity contribution is -0.115. The van der Waals surface area contributed by atoms with Crippen molar-refractivity contribution in [2.45, 2.75) is 84.0 Å². The van der Waals surface area contributed by atoms with Crippen LogP contribution in [-0.4, -0.2) is 60.1 Å². The molecule has 2 aromatic rings. The zero-order valence-corrected chi connectivity index (χ0v) is 25.9. The Morgan fingerprint density at radius 2 is 1.75 bits per heavy atom. The molecule has 0 spiro atoms. The second kappa shape index (κ2) is 15.5. The number of nitrogens with zero attached hydrogens (tertiary/aromatic N) is 2. The zero-order chi connectivity index (χ0) is 31.5. The predicted molar refractivity (Wildman–Crippen MR) is 170 cm³/mol. The summed E-state index contributed by atoms with van der Waals surface area (Å²) in [6, 6.07) is 9.63. The molecule has 4 rings (SSSR count). The van der Waals surface area contributed by atoms with Crippen molar-refractivity contribution in [1.29, 1.82) is 0 Å². The lowest BCUT2D eigenvalue weighted by Gasteiger charge is -2.25. The Morgan fingerprint density at radius 3 is 2.45 bits per heavy atom. The van der Waals surface area contributed by atoms with Gasteiger partial charge in [0, 0.05) is 42.3 Å². The van der Waals surface area contributed by atoms with Crippen LogP contribution >= 0.6 is 0 Å². The highest BCUT2D eigenvalue weighted by atomic mass is 16.6. The predicted octanol–water partition coefficient (Wildman–Crippen LogP) is 5.16. The summed E-state index contributed by atoms with van der Waals surface area (Å²) >= 11 is 0. The van der Waals surface area contributed by atoms with Crippen LogP contribution in [0.3, 0.4) is 0 Å². The van der Waals surface area contributed by atoms with Gasteiger partial charge in [-0.1, -0.05) is 18.2 Å². The van der Waals surface area contributed by atoms with Crippen LogP contribution in [0.4, 0.5) is 15.3 Å². The van der Waals surface area contributed by atoms with Crippen molar-refractivity contribution >= 4 is 35.6 Å². The number of fused-ring (bicyclic) bond motifs is 1. The van der Waals surface area contributed by atoms with Gasteiger partial charge >= 0.3 is 12.2 Å². The van der Waals surface area contributed by atoms with Gasteiger partial charge in [0.25, 0.3) is 0 Å². The first-order valence-corrected chi connectivity index (χ1v) is 15.3. The van der Waals surface area contributed by atoms with Crippen LogP contribution in [0.15, 0.2) is 47.1 Å². The van der Waals surface area contributed by atoms with Gasteiger partial charge in [-0.15, -0.1) is 0 Å². The molecule has 2 heterocycles. The molecule has 5 N–H and O–H groups in total. The van der Waals surface area contributed by atoms with Crippen molar-refractivity contribution in [2.75, 3.05) is 19.6 Å². The van der Waals surface area contributed by atoms with Crippen molar-refractivity contribution in [2.24, 2.45) is 10.7 Å². The SMILES string of the molecule is CC(C)(C)OC(=O)NCc1ccc(-c2ccc3c(c2)N=C(N)CC(C(=O)CCCNCCCNC(=O)OC2CCC2)=C3)cn1. The van der Waals surface area contributed by atoms with Crippen LogP contribution in [0.5, 0.6) is 0 Å². The van der Waals surface area contributed by atoms with E-state index in [2.05, 4.69) is 25.9 Å². The Morgan fingerprint density at radius 1 is 0.977 bits per heavy atom. The smallest absolute Gasteiger partial charge is 0.407 e. The zero-order valence-electron chi connectivity index (χ0n) is 25.9. The molecule has 0 saturated heterocycles. The second-order valence-electron chi connectivity index (χ2n) is 12.1. The highest BCUT2D eigenvalue weighted by Crippen LogP contribution is 2.32. The Kier molecular flexibility index (Phi) is 11.5. The fraction of sp³-hybridized carbons (Fsp3) is 0.485. The van der Waals surface area contributed by atoms with Crippen LogP contribution in [0.25, 0.3) is 17.2 Å². The van der Waals surface area contributed by atoms with Crippen LogP contribution in [-0.2, 0) is 20.8 Å². The van der Waals surface area contributed by atoms with Gasteiger partial charge in [0.1, 0.15) is 17.5 Å². The number of ketones is 1. The molecule has 1 aliphatic heterocycles. The third-order valence-corrected chi connectivity index (χ3v) is 7.21. The monoisotopic (exact) mass is 604 g/mol. The van der Waals surface area contributed by atoms with Crippen molar-refractivity contribution in [3.63, 3.8) is 0 Å². The van der Waals surface area contributed by atoms with Gasteiger partial charge in [-0.3, -0.25) is 9.78 Å². The Hall–Kier alpha value is -4.25. The highest BCUT2D eigenvalue weighted by molar-refractivity contribution is 6.06. The maximum Gasteiger partial charge on any atom is 0.407 e. The summed E-state index contributed by atoms with van der Waals surface area (Å²) in [6.07, 6.45) is 8.15. The number of hydrogen-bond acceptors (Lipinski definition) is 9. The maximum absolute atomic E-state index is 13.0. The van der Waals surface area contributed by atoms with Gasteiger partial charge in [0.15, 0.2) is 5.78 Å². The largest absolute Gasteiger partial charge is 0.446 e. The van der Waals surface area contributed by atoms with Crippen LogP contribution in [0, 0.1) is 0 Å². The van der Waals surface area contributed by atoms with Gasteiger partial charge in [0.05, 0.1) is 17.9 Å². The number of hydrogen-bond donors (Lipinski definition) is 4. The molecule has 236 valence electrons. The molecule has 11 nitrogen and oxygen atoms in total. The number of ether oxygens (including phenoxy) is 2. The number of aliphatic imine (C=N–C) groups is 1. The van der Waals surface area contributed by atoms with Crippen LogP contribution in [0.2, 0.25) is 0 Å². The van der Waals surface area contributed by atoms with Crippen LogP contribution in [0.1, 0.15) is 77.0 Å². The van der Waals surface area contributed by atoms with E-state index >= 15 is 0 Å². The number of carbonyl (C=O) groups excluding carboxylic acids is 3. The number of amidine groups is 1. The minimum absolute atomic E-state index is 0.0575. The minimum Gasteiger partial charge on any atom is -0.446 e. The number of amides is 2. The molecule has 1 fully saturated rings. The van der Waals surface area contributed by atoms with Gasteiger partial charge in [-0.2, -0.15) is 0 Å². The number of rotatable bonds is 13. The summed E-state index contributed by atoms with van der Waals surface area (Å²) in [6.45, 7) is 7.71. The summed E-state index contributed by atoms with van der Waals surface area (Å²) in [5.41, 5.74) is 10.3. The highest BCUT2D eigenvalue weighted by Gasteiger charge is 2.21. The standard InChI is InChI=1S/C33H44N6O5/c1-33(2,3)44-32(42)38-21-26-13-12-24(20-37-26)22-10-11-23-17-25(19-30(34)39-28(23)18-22)29(40)9-5-14-35-15-6-16-36-31(41)43-27-7-4-8-27/h10-13,17-18,20,27,35H,4-9,14-16,19,21H2,1-3H3,(H2,34,39)(H,36,41)(H,38,42). The molecular weight excluding hydrogens is 560 g/mol. The normalized spacial score (nSPS) is 14.7. The molecule has 44 heavy (non-hydrogen) atoms. The van der Waals surface area contributed by atoms with E-state index in [1.54, 1.807) is 6.20 Å². The average Bonchev–Trinajstić information content (AvgIpc) is 3.12. The molecule has 2 aliphatic rings. The first kappa shape index (κ1) is 32.7. The van der Waals surface area contributed by atoms with E-state index in [0.29, 0.717) is 55.1 Å². The van der Waals surface area contributed by atoms with Crippen molar-refractivity contribution in [3.8, 4) is 11.1 Å². The number of Topliss-reactive ketones (excluding diaryl/α,β-unsaturated/α-hetero) is 1. The number of nitrogens with two attached hydrogens (primary N) is 1. The first-order chi connectivity index (χ1) is 21.1. The minimum atomic E-state index is -0.563. The fourth-order valence-corrected chi connectivity index (χ4v) is 4.67. The van der Waals surface area contributed by atoms with Crippen molar-refractivity contribution < 1.29 is 23.9 Å². The second-order valence-corrected chi connectivity index (χ2v) is 12.1. The topological polar surface area (TPSA) is 157 Å². The molecule has 0 radical (unpaired) electrons. The molecule has 1 saturated carbocycles. The summed E-state index contributed by atoms with van der Waals surface area (Å²) in [5, 5.41) is 8.80. The molecule has 1 aromatic carbocycles. The molecule has 0 bridgehead atoms. The first-order valence-electron chi connectivity index (χ1n) is 15.3. The van der Waals surface area contributed by atoms with E-state index < -0.39 is 11.7 Å². The average molecular weight is 605 g/mol. The number of carbonyl (C=O) groups is 3. The Balaban J connectivity index is 1.23. The molecule has 0 atom stereocenters. The Labute approximate surface area is 259 Å². The van der Waals surface area contributed by atoms with E-state index in [1.165, 1.54) is 0 Å². The third-order valence-electron chi connectivity index (χ3n) is 7.21. The van der Waals surface area contributed by atoms with E-state index in [-0.39, 0.29) is 24.5 Å². The lowest BCUT2D eigenvalue weighted by Crippen LogP contribution is -2.33. The molecule has 11 heteroatoms. The summed E-state index contributed by atoms with van der Waals surface area (Å²) in [5.74, 6) is 0.450. The number of alkyl carbamates (subject to hydrolysis) is 2. The number of pyridine rings is 1. The number of aromatic nitrogens is 1. The maximum atomic E-state index is 13.0. The molecule has 2 amide bonds. The third kappa shape index (κ3) is 10.5. The molecule has 1 aliphatic carbocycles. The fourth-order valence-electron chi connectivity index (χ4n) is 4.67. The summed E-state index contributed by atoms with van der Waals surface area (Å²) in [7, 11) is 0. The van der Waals surface area contributed by atoms with Gasteiger partial charge in [-0.25, -0.2) is 14.6 Å². The van der Waals surface area contributed by atoms with Crippen molar-refractivity contribution in [3.05, 3.63) is 53.4 Å². The molecule has 0 unspecified atom stereocenters. The van der Waals surface area contributed by atoms with E-state index in [4.69, 9.17) is 15.2 Å². The summed E-state index contributed by atoms with van der Waals surface area (Å²) in [4.78, 5) is 45.6. The molecule has 1 aromatic heterocycles. The lowest BCUT2D eigenvalue weighted by atomic mass is 9.96. The van der Waals surface area contributed by atoms with Gasteiger partial charge in [-0.05, 0) is 89.7 Å². The number of nitrogens with one attached hydrogen (secondary N) is 3. The van der Waals surface area contributed by atoms with E-state index in [9.17, 15) is 14.4 Å². The van der Waals surface area contributed by atoms with Gasteiger partial charge < -0.3 is 31.2 Å². The van der Waals surface area contributed by atoms with E-state index in [1.807, 2.05) is 57.2 Å². The summed E-state index contributed by atoms with van der Waals surface area (Å²) < 4.78 is 10.5. The van der Waals surface area contributed by atoms with E-state index in [0.717, 1.165) is 48.9 Å². The van der Waals surface area contributed by atoms with Crippen LogP contribution < -0.4 is 21.7 Å². The van der Waals surface area contributed by atoms with Gasteiger partial charge in [0.2, 0.25) is 0 Å². The Bertz CT molecular complexity index is 1380.